The number of piperidine rings is 1. The minimum Gasteiger partial charge on any atom is -0.317 e. The van der Waals surface area contributed by atoms with Crippen molar-refractivity contribution in [3.8, 4) is 0 Å². The number of pyridine rings is 1. The number of nitrogens with zero attached hydrogens (tertiary/aromatic N) is 1. The molecule has 0 aliphatic carbocycles. The van der Waals surface area contributed by atoms with E-state index in [9.17, 15) is 0 Å². The van der Waals surface area contributed by atoms with E-state index >= 15 is 0 Å². The number of aromatic nitrogens is 1. The summed E-state index contributed by atoms with van der Waals surface area (Å²) in [7, 11) is 0. The summed E-state index contributed by atoms with van der Waals surface area (Å²) >= 11 is 1.94. The third-order valence-electron chi connectivity index (χ3n) is 2.53. The maximum atomic E-state index is 4.41. The van der Waals surface area contributed by atoms with Crippen LogP contribution in [-0.2, 0) is 0 Å². The Morgan fingerprint density at radius 3 is 2.93 bits per heavy atom. The van der Waals surface area contributed by atoms with Gasteiger partial charge in [-0.1, -0.05) is 6.07 Å². The average molecular weight is 208 g/mol. The fourth-order valence-electron chi connectivity index (χ4n) is 1.67. The molecule has 0 atom stereocenters. The molecule has 2 rings (SSSR count). The molecule has 1 aromatic rings. The van der Waals surface area contributed by atoms with E-state index in [1.54, 1.807) is 0 Å². The SMILES string of the molecule is Cc1cccnc1SC1CCNCC1. The first-order valence-electron chi connectivity index (χ1n) is 5.15. The topological polar surface area (TPSA) is 24.9 Å². The Bertz CT molecular complexity index is 295. The van der Waals surface area contributed by atoms with E-state index in [0.717, 1.165) is 18.3 Å². The largest absolute Gasteiger partial charge is 0.317 e. The molecule has 2 heterocycles. The Morgan fingerprint density at radius 2 is 2.21 bits per heavy atom. The summed E-state index contributed by atoms with van der Waals surface area (Å²) in [6, 6.07) is 4.14. The number of thioether (sulfide) groups is 1. The zero-order valence-electron chi connectivity index (χ0n) is 8.49. The molecule has 0 saturated carbocycles. The van der Waals surface area contributed by atoms with Crippen molar-refractivity contribution in [2.45, 2.75) is 30.0 Å². The van der Waals surface area contributed by atoms with Gasteiger partial charge < -0.3 is 5.32 Å². The monoisotopic (exact) mass is 208 g/mol. The standard InChI is InChI=1S/C11H16N2S/c1-9-3-2-6-13-11(9)14-10-4-7-12-8-5-10/h2-3,6,10,12H,4-5,7-8H2,1H3. The van der Waals surface area contributed by atoms with Crippen LogP contribution in [0.25, 0.3) is 0 Å². The molecule has 3 heteroatoms. The predicted octanol–water partition coefficient (Wildman–Crippen LogP) is 2.23. The molecule has 1 aromatic heterocycles. The first-order valence-corrected chi connectivity index (χ1v) is 6.03. The van der Waals surface area contributed by atoms with E-state index in [0.29, 0.717) is 0 Å². The molecule has 0 spiro atoms. The van der Waals surface area contributed by atoms with Gasteiger partial charge in [0.1, 0.15) is 0 Å². The van der Waals surface area contributed by atoms with E-state index in [-0.39, 0.29) is 0 Å². The van der Waals surface area contributed by atoms with Gasteiger partial charge in [-0.2, -0.15) is 0 Å². The smallest absolute Gasteiger partial charge is 0.0991 e. The summed E-state index contributed by atoms with van der Waals surface area (Å²) < 4.78 is 0. The third-order valence-corrected chi connectivity index (χ3v) is 3.98. The van der Waals surface area contributed by atoms with E-state index in [1.165, 1.54) is 23.4 Å². The van der Waals surface area contributed by atoms with Crippen molar-refractivity contribution >= 4 is 11.8 Å². The van der Waals surface area contributed by atoms with Crippen molar-refractivity contribution in [2.75, 3.05) is 13.1 Å². The second-order valence-electron chi connectivity index (χ2n) is 3.69. The highest BCUT2D eigenvalue weighted by Crippen LogP contribution is 2.28. The molecule has 0 aromatic carbocycles. The zero-order valence-corrected chi connectivity index (χ0v) is 9.31. The number of aryl methyl sites for hydroxylation is 1. The minimum absolute atomic E-state index is 0.754. The normalized spacial score (nSPS) is 18.4. The minimum atomic E-state index is 0.754. The second-order valence-corrected chi connectivity index (χ2v) is 4.98. The van der Waals surface area contributed by atoms with Crippen molar-refractivity contribution in [2.24, 2.45) is 0 Å². The van der Waals surface area contributed by atoms with Crippen molar-refractivity contribution in [1.82, 2.24) is 10.3 Å². The fraction of sp³-hybridized carbons (Fsp3) is 0.545. The average Bonchev–Trinajstić information content (AvgIpc) is 2.23. The van der Waals surface area contributed by atoms with Crippen LogP contribution in [-0.4, -0.2) is 23.3 Å². The molecule has 2 nitrogen and oxygen atoms in total. The summed E-state index contributed by atoms with van der Waals surface area (Å²) in [6.07, 6.45) is 4.41. The Labute approximate surface area is 89.5 Å². The van der Waals surface area contributed by atoms with Crippen LogP contribution in [0.4, 0.5) is 0 Å². The van der Waals surface area contributed by atoms with Gasteiger partial charge in [0.15, 0.2) is 0 Å². The van der Waals surface area contributed by atoms with Gasteiger partial charge in [-0.15, -0.1) is 11.8 Å². The lowest BCUT2D eigenvalue weighted by Crippen LogP contribution is -2.29. The highest BCUT2D eigenvalue weighted by molar-refractivity contribution is 7.99. The maximum absolute atomic E-state index is 4.41. The van der Waals surface area contributed by atoms with Crippen LogP contribution in [0.15, 0.2) is 23.4 Å². The van der Waals surface area contributed by atoms with Crippen LogP contribution in [0.2, 0.25) is 0 Å². The third kappa shape index (κ3) is 2.49. The maximum Gasteiger partial charge on any atom is 0.0991 e. The number of hydrogen-bond acceptors (Lipinski definition) is 3. The quantitative estimate of drug-likeness (QED) is 0.807. The fourth-order valence-corrected chi connectivity index (χ4v) is 2.83. The molecule has 1 aliphatic heterocycles. The number of rotatable bonds is 2. The molecule has 0 radical (unpaired) electrons. The van der Waals surface area contributed by atoms with E-state index < -0.39 is 0 Å². The van der Waals surface area contributed by atoms with Gasteiger partial charge in [0.25, 0.3) is 0 Å². The number of nitrogens with one attached hydrogen (secondary N) is 1. The van der Waals surface area contributed by atoms with Crippen LogP contribution in [0, 0.1) is 6.92 Å². The summed E-state index contributed by atoms with van der Waals surface area (Å²) in [5.74, 6) is 0. The molecule has 0 amide bonds. The van der Waals surface area contributed by atoms with Gasteiger partial charge >= 0.3 is 0 Å². The van der Waals surface area contributed by atoms with E-state index in [2.05, 4.69) is 23.3 Å². The van der Waals surface area contributed by atoms with Gasteiger partial charge in [-0.3, -0.25) is 0 Å². The predicted molar refractivity (Wildman–Crippen MR) is 60.7 cm³/mol. The molecule has 1 saturated heterocycles. The first-order chi connectivity index (χ1) is 6.86. The van der Waals surface area contributed by atoms with Crippen molar-refractivity contribution < 1.29 is 0 Å². The van der Waals surface area contributed by atoms with Crippen molar-refractivity contribution in [3.05, 3.63) is 23.9 Å². The van der Waals surface area contributed by atoms with Crippen LogP contribution in [0.3, 0.4) is 0 Å². The van der Waals surface area contributed by atoms with Gasteiger partial charge in [0, 0.05) is 11.4 Å². The van der Waals surface area contributed by atoms with Crippen LogP contribution in [0.5, 0.6) is 0 Å². The first kappa shape index (κ1) is 9.99. The lowest BCUT2D eigenvalue weighted by Gasteiger charge is -2.21. The molecule has 76 valence electrons. The second kappa shape index (κ2) is 4.80. The van der Waals surface area contributed by atoms with E-state index in [1.807, 2.05) is 24.0 Å². The molecule has 0 bridgehead atoms. The molecular formula is C11H16N2S. The molecule has 1 fully saturated rings. The Balaban J connectivity index is 1.99. The summed E-state index contributed by atoms with van der Waals surface area (Å²) in [4.78, 5) is 4.41. The van der Waals surface area contributed by atoms with Crippen molar-refractivity contribution in [3.63, 3.8) is 0 Å². The van der Waals surface area contributed by atoms with Gasteiger partial charge in [0.2, 0.25) is 0 Å². The molecule has 14 heavy (non-hydrogen) atoms. The summed E-state index contributed by atoms with van der Waals surface area (Å²) in [6.45, 7) is 4.45. The van der Waals surface area contributed by atoms with E-state index in [4.69, 9.17) is 0 Å². The number of hydrogen-bond donors (Lipinski definition) is 1. The van der Waals surface area contributed by atoms with Crippen molar-refractivity contribution in [1.29, 1.82) is 0 Å². The van der Waals surface area contributed by atoms with Gasteiger partial charge in [-0.25, -0.2) is 4.98 Å². The highest BCUT2D eigenvalue weighted by Gasteiger charge is 2.15. The van der Waals surface area contributed by atoms with Gasteiger partial charge in [-0.05, 0) is 44.5 Å². The van der Waals surface area contributed by atoms with Crippen LogP contribution >= 0.6 is 11.8 Å². The van der Waals surface area contributed by atoms with Crippen LogP contribution < -0.4 is 5.32 Å². The van der Waals surface area contributed by atoms with Crippen LogP contribution in [0.1, 0.15) is 18.4 Å². The summed E-state index contributed by atoms with van der Waals surface area (Å²) in [5.41, 5.74) is 1.30. The Hall–Kier alpha value is -0.540. The summed E-state index contributed by atoms with van der Waals surface area (Å²) in [5, 5.41) is 5.34. The highest BCUT2D eigenvalue weighted by atomic mass is 32.2. The van der Waals surface area contributed by atoms with Gasteiger partial charge in [0.05, 0.1) is 5.03 Å². The zero-order chi connectivity index (χ0) is 9.80. The molecule has 0 unspecified atom stereocenters. The molecule has 1 N–H and O–H groups in total. The molecular weight excluding hydrogens is 192 g/mol. The Morgan fingerprint density at radius 1 is 1.43 bits per heavy atom. The Kier molecular flexibility index (Phi) is 3.43. The lowest BCUT2D eigenvalue weighted by atomic mass is 10.2. The lowest BCUT2D eigenvalue weighted by molar-refractivity contribution is 0.531. The molecule has 1 aliphatic rings.